The van der Waals surface area contributed by atoms with E-state index >= 15 is 0 Å². The quantitative estimate of drug-likeness (QED) is 0.845. The molecule has 0 aromatic carbocycles. The van der Waals surface area contributed by atoms with Crippen LogP contribution in [0.15, 0.2) is 28.9 Å². The molecule has 1 saturated carbocycles. The largest absolute Gasteiger partial charge is 0.489 e. The third kappa shape index (κ3) is 3.26. The molecular weight excluding hydrogens is 338 g/mol. The standard InChI is InChI=1S/C18H19N3O5/c22-17(13-9-15(26-20-13)11-5-6-11)21-8-2-3-12(21)10-25-14-4-1-7-19-16(14)18(23)24/h1,4,7,9,11-12H,2-3,5-6,8,10H2,(H,23,24)/t12-/m1/s1. The number of aromatic carboxylic acids is 1. The van der Waals surface area contributed by atoms with Crippen LogP contribution in [0.1, 0.15) is 58.3 Å². The van der Waals surface area contributed by atoms with Gasteiger partial charge in [0.2, 0.25) is 0 Å². The minimum absolute atomic E-state index is 0.131. The van der Waals surface area contributed by atoms with Gasteiger partial charge in [0, 0.05) is 24.7 Å². The molecule has 2 fully saturated rings. The van der Waals surface area contributed by atoms with Gasteiger partial charge in [-0.3, -0.25) is 4.79 Å². The topological polar surface area (TPSA) is 106 Å². The number of amides is 1. The first-order chi connectivity index (χ1) is 12.6. The van der Waals surface area contributed by atoms with Crippen LogP contribution in [0.2, 0.25) is 0 Å². The Balaban J connectivity index is 1.43. The number of carboxylic acid groups (broad SMARTS) is 1. The van der Waals surface area contributed by atoms with E-state index in [1.165, 1.54) is 6.20 Å². The van der Waals surface area contributed by atoms with Crippen molar-refractivity contribution in [1.29, 1.82) is 0 Å². The monoisotopic (exact) mass is 357 g/mol. The molecule has 2 aromatic rings. The van der Waals surface area contributed by atoms with Gasteiger partial charge in [-0.25, -0.2) is 9.78 Å². The smallest absolute Gasteiger partial charge is 0.358 e. The number of hydrogen-bond donors (Lipinski definition) is 1. The number of ether oxygens (including phenoxy) is 1. The molecule has 1 amide bonds. The SMILES string of the molecule is O=C(O)c1ncccc1OC[C@H]1CCCN1C(=O)c1cc(C2CC2)on1. The zero-order chi connectivity index (χ0) is 18.1. The van der Waals surface area contributed by atoms with Gasteiger partial charge < -0.3 is 19.3 Å². The fraction of sp³-hybridized carbons (Fsp3) is 0.444. The molecule has 0 bridgehead atoms. The third-order valence-electron chi connectivity index (χ3n) is 4.77. The van der Waals surface area contributed by atoms with E-state index in [4.69, 9.17) is 9.26 Å². The van der Waals surface area contributed by atoms with Crippen LogP contribution < -0.4 is 4.74 Å². The number of likely N-dealkylation sites (tertiary alicyclic amines) is 1. The van der Waals surface area contributed by atoms with E-state index in [2.05, 4.69) is 10.1 Å². The number of nitrogens with zero attached hydrogens (tertiary/aromatic N) is 3. The lowest BCUT2D eigenvalue weighted by Gasteiger charge is -2.24. The van der Waals surface area contributed by atoms with Crippen molar-refractivity contribution in [3.63, 3.8) is 0 Å². The van der Waals surface area contributed by atoms with E-state index < -0.39 is 5.97 Å². The van der Waals surface area contributed by atoms with Crippen molar-refractivity contribution >= 4 is 11.9 Å². The first-order valence-corrected chi connectivity index (χ1v) is 8.72. The van der Waals surface area contributed by atoms with Crippen LogP contribution in [0.25, 0.3) is 0 Å². The summed E-state index contributed by atoms with van der Waals surface area (Å²) in [5.74, 6) is 0.0758. The van der Waals surface area contributed by atoms with E-state index in [0.29, 0.717) is 18.2 Å². The highest BCUT2D eigenvalue weighted by Gasteiger charge is 2.34. The summed E-state index contributed by atoms with van der Waals surface area (Å²) < 4.78 is 10.9. The Morgan fingerprint density at radius 1 is 1.35 bits per heavy atom. The van der Waals surface area contributed by atoms with E-state index in [1.54, 1.807) is 23.1 Å². The van der Waals surface area contributed by atoms with Gasteiger partial charge >= 0.3 is 5.97 Å². The van der Waals surface area contributed by atoms with Gasteiger partial charge in [0.1, 0.15) is 12.4 Å². The van der Waals surface area contributed by atoms with Crippen molar-refractivity contribution in [2.75, 3.05) is 13.2 Å². The molecule has 8 nitrogen and oxygen atoms in total. The molecule has 1 atom stereocenters. The minimum Gasteiger partial charge on any atom is -0.489 e. The highest BCUT2D eigenvalue weighted by atomic mass is 16.5. The van der Waals surface area contributed by atoms with Crippen LogP contribution >= 0.6 is 0 Å². The van der Waals surface area contributed by atoms with Gasteiger partial charge in [-0.05, 0) is 37.8 Å². The first kappa shape index (κ1) is 16.6. The molecule has 2 aliphatic rings. The number of carbonyl (C=O) groups is 2. The lowest BCUT2D eigenvalue weighted by Crippen LogP contribution is -2.39. The van der Waals surface area contributed by atoms with Crippen molar-refractivity contribution < 1.29 is 24.0 Å². The molecule has 3 heterocycles. The summed E-state index contributed by atoms with van der Waals surface area (Å²) in [5.41, 5.74) is 0.195. The summed E-state index contributed by atoms with van der Waals surface area (Å²) in [5, 5.41) is 13.1. The van der Waals surface area contributed by atoms with Crippen molar-refractivity contribution in [2.24, 2.45) is 0 Å². The molecule has 8 heteroatoms. The fourth-order valence-electron chi connectivity index (χ4n) is 3.23. The van der Waals surface area contributed by atoms with Gasteiger partial charge in [0.05, 0.1) is 6.04 Å². The van der Waals surface area contributed by atoms with Crippen LogP contribution in [-0.2, 0) is 0 Å². The van der Waals surface area contributed by atoms with Crippen molar-refractivity contribution in [1.82, 2.24) is 15.0 Å². The summed E-state index contributed by atoms with van der Waals surface area (Å²) in [6, 6.07) is 4.79. The maximum atomic E-state index is 12.7. The molecule has 0 spiro atoms. The van der Waals surface area contributed by atoms with E-state index in [1.807, 2.05) is 0 Å². The third-order valence-corrected chi connectivity index (χ3v) is 4.77. The summed E-state index contributed by atoms with van der Waals surface area (Å²) in [7, 11) is 0. The molecule has 1 saturated heterocycles. The van der Waals surface area contributed by atoms with Crippen molar-refractivity contribution in [3.8, 4) is 5.75 Å². The first-order valence-electron chi connectivity index (χ1n) is 8.72. The van der Waals surface area contributed by atoms with Gasteiger partial charge in [0.25, 0.3) is 5.91 Å². The Bertz CT molecular complexity index is 830. The second-order valence-corrected chi connectivity index (χ2v) is 6.65. The summed E-state index contributed by atoms with van der Waals surface area (Å²) in [6.07, 6.45) is 5.23. The summed E-state index contributed by atoms with van der Waals surface area (Å²) in [4.78, 5) is 29.5. The van der Waals surface area contributed by atoms with Crippen LogP contribution in [0.4, 0.5) is 0 Å². The zero-order valence-corrected chi connectivity index (χ0v) is 14.1. The van der Waals surface area contributed by atoms with E-state index in [0.717, 1.165) is 31.4 Å². The van der Waals surface area contributed by atoms with E-state index in [9.17, 15) is 14.7 Å². The lowest BCUT2D eigenvalue weighted by atomic mass is 10.2. The van der Waals surface area contributed by atoms with Gasteiger partial charge in [-0.2, -0.15) is 0 Å². The van der Waals surface area contributed by atoms with Crippen LogP contribution in [0.5, 0.6) is 5.75 Å². The Morgan fingerprint density at radius 2 is 2.19 bits per heavy atom. The molecule has 0 unspecified atom stereocenters. The van der Waals surface area contributed by atoms with Gasteiger partial charge in [0.15, 0.2) is 17.1 Å². The molecule has 1 N–H and O–H groups in total. The number of carbonyl (C=O) groups excluding carboxylic acids is 1. The number of pyridine rings is 1. The van der Waals surface area contributed by atoms with Gasteiger partial charge in [-0.15, -0.1) is 0 Å². The molecular formula is C18H19N3O5. The minimum atomic E-state index is -1.14. The Labute approximate surface area is 149 Å². The Kier molecular flexibility index (Phi) is 4.32. The number of carboxylic acids is 1. The maximum Gasteiger partial charge on any atom is 0.358 e. The normalized spacial score (nSPS) is 19.5. The second-order valence-electron chi connectivity index (χ2n) is 6.65. The molecule has 1 aliphatic heterocycles. The molecule has 4 rings (SSSR count). The Hall–Kier alpha value is -2.90. The van der Waals surface area contributed by atoms with Crippen LogP contribution in [-0.4, -0.2) is 51.2 Å². The maximum absolute atomic E-state index is 12.7. The predicted molar refractivity (Wildman–Crippen MR) is 89.2 cm³/mol. The molecule has 136 valence electrons. The average Bonchev–Trinajstić information content (AvgIpc) is 3.19. The van der Waals surface area contributed by atoms with E-state index in [-0.39, 0.29) is 30.0 Å². The van der Waals surface area contributed by atoms with Crippen molar-refractivity contribution in [2.45, 2.75) is 37.6 Å². The lowest BCUT2D eigenvalue weighted by molar-refractivity contribution is 0.0652. The number of aromatic nitrogens is 2. The molecule has 26 heavy (non-hydrogen) atoms. The highest BCUT2D eigenvalue weighted by Crippen LogP contribution is 2.40. The Morgan fingerprint density at radius 3 is 2.96 bits per heavy atom. The average molecular weight is 357 g/mol. The number of hydrogen-bond acceptors (Lipinski definition) is 6. The fourth-order valence-corrected chi connectivity index (χ4v) is 3.23. The summed E-state index contributed by atoms with van der Waals surface area (Å²) >= 11 is 0. The molecule has 2 aromatic heterocycles. The number of rotatable bonds is 6. The van der Waals surface area contributed by atoms with Crippen LogP contribution in [0.3, 0.4) is 0 Å². The predicted octanol–water partition coefficient (Wildman–Crippen LogP) is 2.33. The molecule has 0 radical (unpaired) electrons. The van der Waals surface area contributed by atoms with Gasteiger partial charge in [-0.1, -0.05) is 5.16 Å². The second kappa shape index (κ2) is 6.78. The highest BCUT2D eigenvalue weighted by molar-refractivity contribution is 5.92. The zero-order valence-electron chi connectivity index (χ0n) is 14.1. The van der Waals surface area contributed by atoms with Crippen molar-refractivity contribution in [3.05, 3.63) is 41.5 Å². The molecule has 1 aliphatic carbocycles. The summed E-state index contributed by atoms with van der Waals surface area (Å²) in [6.45, 7) is 0.836. The van der Waals surface area contributed by atoms with Crippen LogP contribution in [0, 0.1) is 0 Å².